The van der Waals surface area contributed by atoms with Crippen molar-refractivity contribution in [2.45, 2.75) is 6.67 Å². The van der Waals surface area contributed by atoms with Crippen LogP contribution in [0.25, 0.3) is 0 Å². The number of nitrogen functional groups attached to an aromatic ring is 1. The molecule has 0 atom stereocenters. The molecule has 0 aromatic heterocycles. The molecule has 60 valence electrons. The Labute approximate surface area is 72.7 Å². The van der Waals surface area contributed by atoms with E-state index in [0.29, 0.717) is 11.3 Å². The molecule has 0 bridgehead atoms. The average molecular weight is 219 g/mol. The lowest BCUT2D eigenvalue weighted by Crippen LogP contribution is -2.08. The molecule has 0 heterocycles. The summed E-state index contributed by atoms with van der Waals surface area (Å²) in [5.74, 6) is 5.14. The van der Waals surface area contributed by atoms with Crippen molar-refractivity contribution in [3.05, 3.63) is 28.2 Å². The molecule has 1 rings (SSSR count). The van der Waals surface area contributed by atoms with E-state index in [0.717, 1.165) is 4.47 Å². The molecule has 0 unspecified atom stereocenters. The van der Waals surface area contributed by atoms with Crippen LogP contribution in [0.5, 0.6) is 0 Å². The van der Waals surface area contributed by atoms with Crippen LogP contribution in [0.2, 0.25) is 0 Å². The van der Waals surface area contributed by atoms with E-state index in [1.54, 1.807) is 18.2 Å². The minimum atomic E-state index is -0.515. The number of nitrogens with two attached hydrogens (primary N) is 1. The third-order valence-electron chi connectivity index (χ3n) is 1.37. The summed E-state index contributed by atoms with van der Waals surface area (Å²) in [4.78, 5) is 0. The van der Waals surface area contributed by atoms with Gasteiger partial charge in [0.15, 0.2) is 0 Å². The molecule has 2 nitrogen and oxygen atoms in total. The van der Waals surface area contributed by atoms with Crippen LogP contribution >= 0.6 is 15.9 Å². The zero-order chi connectivity index (χ0) is 8.27. The Balaban J connectivity index is 3.06. The van der Waals surface area contributed by atoms with Crippen molar-refractivity contribution >= 4 is 21.6 Å². The van der Waals surface area contributed by atoms with Gasteiger partial charge in [-0.2, -0.15) is 0 Å². The molecular weight excluding hydrogens is 211 g/mol. The van der Waals surface area contributed by atoms with Crippen molar-refractivity contribution in [2.75, 3.05) is 5.43 Å². The molecule has 1 aromatic rings. The molecule has 0 aliphatic heterocycles. The Morgan fingerprint density at radius 2 is 2.27 bits per heavy atom. The number of alkyl halides is 1. The van der Waals surface area contributed by atoms with Crippen molar-refractivity contribution < 1.29 is 4.39 Å². The van der Waals surface area contributed by atoms with Gasteiger partial charge in [-0.05, 0) is 18.2 Å². The minimum Gasteiger partial charge on any atom is -0.324 e. The maximum atomic E-state index is 12.2. The zero-order valence-corrected chi connectivity index (χ0v) is 7.36. The molecule has 0 radical (unpaired) electrons. The standard InChI is InChI=1S/C7H8BrFN2/c8-6-1-2-7(11-10)5(3-6)4-9/h1-3,11H,4,10H2. The predicted molar refractivity (Wildman–Crippen MR) is 46.8 cm³/mol. The van der Waals surface area contributed by atoms with Crippen molar-refractivity contribution in [1.29, 1.82) is 0 Å². The van der Waals surface area contributed by atoms with Gasteiger partial charge in [0.05, 0.1) is 5.69 Å². The van der Waals surface area contributed by atoms with Gasteiger partial charge in [-0.25, -0.2) is 4.39 Å². The molecular formula is C7H8BrFN2. The fourth-order valence-corrected chi connectivity index (χ4v) is 1.22. The first-order valence-corrected chi connectivity index (χ1v) is 3.88. The number of anilines is 1. The van der Waals surface area contributed by atoms with Crippen molar-refractivity contribution in [3.8, 4) is 0 Å². The summed E-state index contributed by atoms with van der Waals surface area (Å²) in [6, 6.07) is 5.21. The Bertz CT molecular complexity index is 252. The number of nitrogens with one attached hydrogen (secondary N) is 1. The van der Waals surface area contributed by atoms with Crippen LogP contribution in [0, 0.1) is 0 Å². The van der Waals surface area contributed by atoms with Crippen molar-refractivity contribution in [1.82, 2.24) is 0 Å². The molecule has 0 aliphatic carbocycles. The number of rotatable bonds is 2. The highest BCUT2D eigenvalue weighted by Crippen LogP contribution is 2.20. The van der Waals surface area contributed by atoms with Crippen LogP contribution in [-0.2, 0) is 6.67 Å². The second-order valence-electron chi connectivity index (χ2n) is 2.08. The number of hydrazine groups is 1. The smallest absolute Gasteiger partial charge is 0.117 e. The van der Waals surface area contributed by atoms with E-state index >= 15 is 0 Å². The molecule has 0 amide bonds. The van der Waals surface area contributed by atoms with E-state index < -0.39 is 6.67 Å². The number of benzene rings is 1. The van der Waals surface area contributed by atoms with Gasteiger partial charge in [0.1, 0.15) is 6.67 Å². The summed E-state index contributed by atoms with van der Waals surface area (Å²) in [6.45, 7) is -0.515. The summed E-state index contributed by atoms with van der Waals surface area (Å²) in [5.41, 5.74) is 3.59. The maximum absolute atomic E-state index is 12.2. The van der Waals surface area contributed by atoms with Crippen LogP contribution in [0.15, 0.2) is 22.7 Å². The normalized spacial score (nSPS) is 9.73. The molecule has 1 aromatic carbocycles. The van der Waals surface area contributed by atoms with Crippen molar-refractivity contribution in [2.24, 2.45) is 5.84 Å². The molecule has 0 aliphatic rings. The number of hydrogen-bond acceptors (Lipinski definition) is 2. The average Bonchev–Trinajstić information content (AvgIpc) is 2.04. The summed E-state index contributed by atoms with van der Waals surface area (Å²) < 4.78 is 13.1. The second kappa shape index (κ2) is 3.69. The van der Waals surface area contributed by atoms with Gasteiger partial charge in [-0.1, -0.05) is 15.9 Å². The van der Waals surface area contributed by atoms with Crippen LogP contribution < -0.4 is 11.3 Å². The van der Waals surface area contributed by atoms with E-state index in [1.807, 2.05) is 0 Å². The highest BCUT2D eigenvalue weighted by molar-refractivity contribution is 9.10. The zero-order valence-electron chi connectivity index (χ0n) is 5.77. The monoisotopic (exact) mass is 218 g/mol. The molecule has 11 heavy (non-hydrogen) atoms. The Morgan fingerprint density at radius 1 is 1.55 bits per heavy atom. The molecule has 0 spiro atoms. The van der Waals surface area contributed by atoms with Gasteiger partial charge in [0.25, 0.3) is 0 Å². The first kappa shape index (κ1) is 8.49. The maximum Gasteiger partial charge on any atom is 0.117 e. The van der Waals surface area contributed by atoms with Gasteiger partial charge >= 0.3 is 0 Å². The second-order valence-corrected chi connectivity index (χ2v) is 3.00. The number of halogens is 2. The first-order valence-electron chi connectivity index (χ1n) is 3.09. The Hall–Kier alpha value is -0.610. The van der Waals surface area contributed by atoms with Crippen LogP contribution in [-0.4, -0.2) is 0 Å². The molecule has 0 saturated carbocycles. The topological polar surface area (TPSA) is 38.0 Å². The molecule has 3 N–H and O–H groups in total. The van der Waals surface area contributed by atoms with E-state index in [-0.39, 0.29) is 0 Å². The van der Waals surface area contributed by atoms with Gasteiger partial charge < -0.3 is 5.43 Å². The first-order chi connectivity index (χ1) is 5.27. The summed E-state index contributed by atoms with van der Waals surface area (Å²) in [7, 11) is 0. The Morgan fingerprint density at radius 3 is 2.82 bits per heavy atom. The van der Waals surface area contributed by atoms with Gasteiger partial charge in [0.2, 0.25) is 0 Å². The highest BCUT2D eigenvalue weighted by atomic mass is 79.9. The fourth-order valence-electron chi connectivity index (χ4n) is 0.814. The summed E-state index contributed by atoms with van der Waals surface area (Å²) in [6.07, 6.45) is 0. The summed E-state index contributed by atoms with van der Waals surface area (Å²) in [5, 5.41) is 0. The molecule has 4 heteroatoms. The van der Waals surface area contributed by atoms with Gasteiger partial charge in [-0.3, -0.25) is 5.84 Å². The lowest BCUT2D eigenvalue weighted by molar-refractivity contribution is 0.486. The lowest BCUT2D eigenvalue weighted by Gasteiger charge is -2.04. The third kappa shape index (κ3) is 1.91. The SMILES string of the molecule is NNc1ccc(Br)cc1CF. The van der Waals surface area contributed by atoms with Crippen LogP contribution in [0.3, 0.4) is 0 Å². The highest BCUT2D eigenvalue weighted by Gasteiger charge is 1.99. The van der Waals surface area contributed by atoms with Crippen molar-refractivity contribution in [3.63, 3.8) is 0 Å². The summed E-state index contributed by atoms with van der Waals surface area (Å²) >= 11 is 3.23. The largest absolute Gasteiger partial charge is 0.324 e. The minimum absolute atomic E-state index is 0.515. The van der Waals surface area contributed by atoms with Crippen LogP contribution in [0.1, 0.15) is 5.56 Å². The Kier molecular flexibility index (Phi) is 2.84. The fraction of sp³-hybridized carbons (Fsp3) is 0.143. The van der Waals surface area contributed by atoms with Gasteiger partial charge in [0, 0.05) is 10.0 Å². The molecule has 0 fully saturated rings. The molecule has 0 saturated heterocycles. The number of hydrogen-bond donors (Lipinski definition) is 2. The van der Waals surface area contributed by atoms with E-state index in [9.17, 15) is 4.39 Å². The van der Waals surface area contributed by atoms with Crippen LogP contribution in [0.4, 0.5) is 10.1 Å². The van der Waals surface area contributed by atoms with E-state index in [4.69, 9.17) is 5.84 Å². The quantitative estimate of drug-likeness (QED) is 0.591. The van der Waals surface area contributed by atoms with E-state index in [1.165, 1.54) is 0 Å². The van der Waals surface area contributed by atoms with Gasteiger partial charge in [-0.15, -0.1) is 0 Å². The lowest BCUT2D eigenvalue weighted by atomic mass is 10.2. The van der Waals surface area contributed by atoms with E-state index in [2.05, 4.69) is 21.4 Å². The third-order valence-corrected chi connectivity index (χ3v) is 1.86. The predicted octanol–water partition coefficient (Wildman–Crippen LogP) is 2.20.